The number of amides is 4. The summed E-state index contributed by atoms with van der Waals surface area (Å²) in [6, 6.07) is 22.8. The Hall–Kier alpha value is -7.41. The maximum atomic E-state index is 14.3. The number of benzene rings is 4. The van der Waals surface area contributed by atoms with Gasteiger partial charge in [0, 0.05) is 79.5 Å². The van der Waals surface area contributed by atoms with E-state index in [1.807, 2.05) is 100 Å². The highest BCUT2D eigenvalue weighted by Gasteiger charge is 2.44. The lowest BCUT2D eigenvalue weighted by Gasteiger charge is -2.35. The molecule has 0 radical (unpaired) electrons. The highest BCUT2D eigenvalue weighted by Crippen LogP contribution is 2.44. The van der Waals surface area contributed by atoms with E-state index >= 15 is 0 Å². The highest BCUT2D eigenvalue weighted by molar-refractivity contribution is 7.89. The molecule has 7 aromatic rings. The minimum atomic E-state index is -3.65. The molecular weight excluding hydrogens is 965 g/mol. The van der Waals surface area contributed by atoms with Crippen LogP contribution in [0.5, 0.6) is 0 Å². The van der Waals surface area contributed by atoms with Crippen molar-refractivity contribution in [2.24, 2.45) is 18.2 Å². The van der Waals surface area contributed by atoms with Crippen molar-refractivity contribution in [1.29, 1.82) is 0 Å². The van der Waals surface area contributed by atoms with Gasteiger partial charge in [0.05, 0.1) is 34.4 Å². The number of pyridine rings is 1. The largest absolute Gasteiger partial charge is 0.391 e. The zero-order valence-electron chi connectivity index (χ0n) is 41.5. The fourth-order valence-corrected chi connectivity index (χ4v) is 11.7. The Morgan fingerprint density at radius 2 is 1.59 bits per heavy atom. The second-order valence-corrected chi connectivity index (χ2v) is 23.3. The molecule has 7 N–H and O–H groups in total. The van der Waals surface area contributed by atoms with Crippen LogP contribution in [-0.2, 0) is 63.0 Å². The molecule has 16 nitrogen and oxygen atoms in total. The van der Waals surface area contributed by atoms with E-state index in [1.54, 1.807) is 42.4 Å². The number of aryl methyl sites for hydroxylation is 2. The fraction of sp³-hybridized carbons (Fsp3) is 0.309. The Balaban J connectivity index is 0.889. The lowest BCUT2D eigenvalue weighted by Crippen LogP contribution is -2.58. The predicted octanol–water partition coefficient (Wildman–Crippen LogP) is 6.14. The van der Waals surface area contributed by atoms with Crippen molar-refractivity contribution >= 4 is 61.4 Å². The van der Waals surface area contributed by atoms with Crippen molar-refractivity contribution in [2.45, 2.75) is 84.0 Å². The molecule has 3 aromatic heterocycles. The molecule has 378 valence electrons. The summed E-state index contributed by atoms with van der Waals surface area (Å²) in [5, 5.41) is 20.7. The third kappa shape index (κ3) is 10.6. The van der Waals surface area contributed by atoms with Gasteiger partial charge in [0.25, 0.3) is 5.56 Å². The van der Waals surface area contributed by atoms with Gasteiger partial charge in [-0.15, -0.1) is 11.3 Å². The van der Waals surface area contributed by atoms with Crippen LogP contribution >= 0.6 is 11.3 Å². The molecule has 0 unspecified atom stereocenters. The minimum Gasteiger partial charge on any atom is -0.391 e. The first-order valence-corrected chi connectivity index (χ1v) is 26.9. The normalized spacial score (nSPS) is 15.8. The number of aliphatic hydroxyl groups is 1. The number of nitrogens with zero attached hydrogens (tertiary/aromatic N) is 3. The van der Waals surface area contributed by atoms with Crippen molar-refractivity contribution < 1.29 is 32.7 Å². The number of likely N-dealkylation sites (tertiary alicyclic amines) is 1. The van der Waals surface area contributed by atoms with Gasteiger partial charge < -0.3 is 41.2 Å². The predicted molar refractivity (Wildman–Crippen MR) is 283 cm³/mol. The average Bonchev–Trinajstić information content (AvgIpc) is 4.06. The maximum Gasteiger partial charge on any atom is 0.274 e. The number of thiazole rings is 1. The van der Waals surface area contributed by atoms with Crippen LogP contribution in [0.4, 0.5) is 5.69 Å². The molecule has 2 aliphatic rings. The molecule has 9 rings (SSSR count). The number of aromatic amines is 1. The molecule has 1 fully saturated rings. The number of aromatic nitrogens is 3. The molecular formula is C55H58N8O8S2. The Kier molecular flexibility index (Phi) is 13.8. The zero-order chi connectivity index (χ0) is 52.1. The van der Waals surface area contributed by atoms with E-state index in [1.165, 1.54) is 9.47 Å². The van der Waals surface area contributed by atoms with E-state index < -0.39 is 51.0 Å². The number of nitrogens with one attached hydrogen (secondary N) is 4. The van der Waals surface area contributed by atoms with E-state index in [0.29, 0.717) is 40.0 Å². The van der Waals surface area contributed by atoms with Gasteiger partial charge in [0.15, 0.2) is 9.84 Å². The number of carbonyl (C=O) groups excluding carboxylic acids is 4. The van der Waals surface area contributed by atoms with Gasteiger partial charge in [0.2, 0.25) is 23.6 Å². The van der Waals surface area contributed by atoms with Gasteiger partial charge in [-0.1, -0.05) is 93.6 Å². The Bertz CT molecular complexity index is 3480. The number of H-pyrrole nitrogens is 1. The van der Waals surface area contributed by atoms with E-state index in [0.717, 1.165) is 61.2 Å². The lowest BCUT2D eigenvalue weighted by molar-refractivity contribution is -0.144. The van der Waals surface area contributed by atoms with Crippen molar-refractivity contribution in [2.75, 3.05) is 18.1 Å². The van der Waals surface area contributed by atoms with Crippen LogP contribution in [0.25, 0.3) is 43.6 Å². The first-order chi connectivity index (χ1) is 34.6. The molecule has 2 aliphatic heterocycles. The quantitative estimate of drug-likeness (QED) is 0.0727. The Labute approximate surface area is 427 Å². The van der Waals surface area contributed by atoms with Crippen LogP contribution in [0.15, 0.2) is 102 Å². The van der Waals surface area contributed by atoms with Crippen LogP contribution in [0.3, 0.4) is 0 Å². The summed E-state index contributed by atoms with van der Waals surface area (Å²) >= 11 is 1.56. The molecule has 5 heterocycles. The standard InChI is InChI=1S/C55H58N8O8S2/c1-30-49(72-29-60-30)36-17-11-33(12-18-36)23-59-52(67)44-21-38(64)26-63(44)54(69)50(55(2,3)4)61-45(65)20-32-9-15-35(16-10-32)34-13-7-31(8-14-34)19-39-42(28-73(6,70)71)40(51(56)66)22-43-47(39)41-27-62(5)53(68)48-46(41)37(24-57-43)25-58-48/h7-18,22,25,27,29,38,44,50,57-58,64H,19-21,23-24,26,28H2,1-6H3,(H2,56,66)(H,59,67)(H,61,65)/t38-,44+,50-/m1/s1. The Morgan fingerprint density at radius 1 is 0.945 bits per heavy atom. The summed E-state index contributed by atoms with van der Waals surface area (Å²) in [5.74, 6) is -2.39. The topological polar surface area (TPSA) is 239 Å². The molecule has 0 spiro atoms. The number of nitrogens with two attached hydrogens (primary N) is 1. The number of aliphatic hydroxyl groups excluding tert-OH is 1. The third-order valence-corrected chi connectivity index (χ3v) is 15.5. The molecule has 3 atom stereocenters. The first-order valence-electron chi connectivity index (χ1n) is 24.0. The van der Waals surface area contributed by atoms with Gasteiger partial charge in [-0.2, -0.15) is 0 Å². The van der Waals surface area contributed by atoms with Crippen LogP contribution in [0, 0.1) is 12.3 Å². The van der Waals surface area contributed by atoms with E-state index in [9.17, 15) is 37.5 Å². The number of rotatable bonds is 14. The Morgan fingerprint density at radius 3 is 2.21 bits per heavy atom. The highest BCUT2D eigenvalue weighted by atomic mass is 32.2. The number of anilines is 1. The first kappa shape index (κ1) is 50.5. The van der Waals surface area contributed by atoms with Gasteiger partial charge >= 0.3 is 0 Å². The summed E-state index contributed by atoms with van der Waals surface area (Å²) in [5.41, 5.74) is 17.2. The van der Waals surface area contributed by atoms with Crippen LogP contribution in [-0.4, -0.2) is 87.6 Å². The second kappa shape index (κ2) is 19.9. The summed E-state index contributed by atoms with van der Waals surface area (Å²) in [7, 11) is -1.99. The number of hydrogen-bond donors (Lipinski definition) is 6. The number of hydrogen-bond acceptors (Lipinski definition) is 11. The maximum absolute atomic E-state index is 14.3. The van der Waals surface area contributed by atoms with Gasteiger partial charge in [-0.05, 0) is 74.9 Å². The smallest absolute Gasteiger partial charge is 0.274 e. The SMILES string of the molecule is Cc1ncsc1-c1ccc(CNC(=O)[C@@H]2C[C@@H](O)CN2C(=O)[C@@H](NC(=O)Cc2ccc(-c3ccc(Cc4c(CS(C)(=O)=O)c(C(N)=O)cc5c4-c4cn(C)c(=O)c6[nH]cc(c46)CN5)cc3)cc2)C(C)(C)C)cc1. The summed E-state index contributed by atoms with van der Waals surface area (Å²) < 4.78 is 27.4. The fourth-order valence-electron chi connectivity index (χ4n) is 10.0. The van der Waals surface area contributed by atoms with Crippen molar-refractivity contribution in [3.05, 3.63) is 152 Å². The van der Waals surface area contributed by atoms with Crippen LogP contribution in [0.1, 0.15) is 76.6 Å². The molecule has 73 heavy (non-hydrogen) atoms. The monoisotopic (exact) mass is 1020 g/mol. The minimum absolute atomic E-state index is 0.0154. The van der Waals surface area contributed by atoms with E-state index in [-0.39, 0.29) is 55.3 Å². The summed E-state index contributed by atoms with van der Waals surface area (Å²) in [6.07, 6.45) is 4.04. The number of fused-ring (bicyclic) bond motifs is 2. The van der Waals surface area contributed by atoms with Crippen LogP contribution in [0.2, 0.25) is 0 Å². The molecule has 18 heteroatoms. The lowest BCUT2D eigenvalue weighted by atomic mass is 9.85. The zero-order valence-corrected chi connectivity index (χ0v) is 43.1. The molecule has 4 aromatic carbocycles. The van der Waals surface area contributed by atoms with Gasteiger partial charge in [-0.3, -0.25) is 24.0 Å². The van der Waals surface area contributed by atoms with Crippen LogP contribution < -0.4 is 27.2 Å². The number of β-amino-alcohol motifs (C(OH)–C–C–N with tert-alkyl or cyclic N) is 1. The van der Waals surface area contributed by atoms with Crippen molar-refractivity contribution in [3.8, 4) is 32.7 Å². The molecule has 0 saturated carbocycles. The summed E-state index contributed by atoms with van der Waals surface area (Å²) in [4.78, 5) is 77.7. The number of carbonyl (C=O) groups is 4. The second-order valence-electron chi connectivity index (χ2n) is 20.3. The molecule has 4 amide bonds. The number of sulfone groups is 1. The summed E-state index contributed by atoms with van der Waals surface area (Å²) in [6.45, 7) is 8.05. The number of primary amides is 1. The average molecular weight is 1020 g/mol. The van der Waals surface area contributed by atoms with Crippen molar-refractivity contribution in [3.63, 3.8) is 0 Å². The van der Waals surface area contributed by atoms with Gasteiger partial charge in [-0.25, -0.2) is 13.4 Å². The third-order valence-electron chi connectivity index (χ3n) is 13.7. The van der Waals surface area contributed by atoms with Crippen molar-refractivity contribution in [1.82, 2.24) is 30.1 Å². The van der Waals surface area contributed by atoms with E-state index in [2.05, 4.69) is 25.9 Å². The molecule has 0 bridgehead atoms. The molecule has 0 aliphatic carbocycles. The van der Waals surface area contributed by atoms with Gasteiger partial charge in [0.1, 0.15) is 17.6 Å². The van der Waals surface area contributed by atoms with E-state index in [4.69, 9.17) is 5.73 Å². The molecule has 1 saturated heterocycles.